The van der Waals surface area contributed by atoms with Crippen molar-refractivity contribution in [1.29, 1.82) is 0 Å². The van der Waals surface area contributed by atoms with E-state index in [2.05, 4.69) is 34.9 Å². The highest BCUT2D eigenvalue weighted by atomic mass is 19.4. The molecule has 3 fully saturated rings. The molecule has 232 valence electrons. The Morgan fingerprint density at radius 1 is 1.07 bits per heavy atom. The van der Waals surface area contributed by atoms with E-state index >= 15 is 0 Å². The molecule has 0 radical (unpaired) electrons. The number of halogens is 5. The van der Waals surface area contributed by atoms with Crippen LogP contribution in [-0.4, -0.2) is 107 Å². The first-order chi connectivity index (χ1) is 21.0. The molecule has 3 aliphatic heterocycles. The van der Waals surface area contributed by atoms with Gasteiger partial charge in [-0.2, -0.15) is 18.3 Å². The lowest BCUT2D eigenvalue weighted by Gasteiger charge is -2.47. The van der Waals surface area contributed by atoms with E-state index in [1.54, 1.807) is 6.20 Å². The van der Waals surface area contributed by atoms with E-state index in [0.717, 1.165) is 35.4 Å². The number of nitrogens with one attached hydrogen (secondary N) is 1. The van der Waals surface area contributed by atoms with Crippen LogP contribution in [0.2, 0.25) is 0 Å². The Labute approximate surface area is 248 Å². The van der Waals surface area contributed by atoms with Crippen LogP contribution in [0, 0.1) is 0 Å². The first kappa shape index (κ1) is 28.7. The number of fused-ring (bicyclic) bond motifs is 1. The number of alkyl halides is 5. The molecule has 44 heavy (non-hydrogen) atoms. The second kappa shape index (κ2) is 10.8. The SMILES string of the molecule is O=C(c1cc(CN2CCC(F)(F)C2)nc(C(F)(F)F)n1)N1CCC(N2CC(n3cc(-c4ncnc5[nH]ccc45)cn3)C2)CC1. The quantitative estimate of drug-likeness (QED) is 0.327. The van der Waals surface area contributed by atoms with Crippen LogP contribution in [-0.2, 0) is 12.7 Å². The van der Waals surface area contributed by atoms with Crippen molar-refractivity contribution in [3.05, 3.63) is 54.3 Å². The molecule has 0 saturated carbocycles. The van der Waals surface area contributed by atoms with Crippen molar-refractivity contribution in [1.82, 2.24) is 49.4 Å². The summed E-state index contributed by atoms with van der Waals surface area (Å²) in [5.41, 5.74) is 2.01. The number of aromatic nitrogens is 7. The number of aromatic amines is 1. The monoisotopic (exact) mass is 616 g/mol. The van der Waals surface area contributed by atoms with Crippen LogP contribution in [0.4, 0.5) is 22.0 Å². The third-order valence-electron chi connectivity index (χ3n) is 8.65. The Morgan fingerprint density at radius 2 is 1.86 bits per heavy atom. The molecule has 3 aliphatic rings. The first-order valence-corrected chi connectivity index (χ1v) is 14.4. The maximum atomic E-state index is 13.6. The van der Waals surface area contributed by atoms with Gasteiger partial charge in [0.2, 0.25) is 5.82 Å². The number of piperidine rings is 1. The van der Waals surface area contributed by atoms with Gasteiger partial charge >= 0.3 is 6.18 Å². The van der Waals surface area contributed by atoms with Gasteiger partial charge in [-0.25, -0.2) is 28.7 Å². The number of H-pyrrole nitrogens is 1. The van der Waals surface area contributed by atoms with E-state index in [9.17, 15) is 26.7 Å². The Hall–Kier alpha value is -4.05. The number of nitrogens with zero attached hydrogens (tertiary/aromatic N) is 9. The van der Waals surface area contributed by atoms with Gasteiger partial charge in [-0.3, -0.25) is 19.3 Å². The van der Waals surface area contributed by atoms with E-state index in [0.29, 0.717) is 25.9 Å². The maximum Gasteiger partial charge on any atom is 0.451 e. The predicted molar refractivity (Wildman–Crippen MR) is 147 cm³/mol. The Bertz CT molecular complexity index is 1670. The Kier molecular flexibility index (Phi) is 7.07. The van der Waals surface area contributed by atoms with Crippen molar-refractivity contribution in [2.24, 2.45) is 0 Å². The summed E-state index contributed by atoms with van der Waals surface area (Å²) >= 11 is 0. The Morgan fingerprint density at radius 3 is 2.59 bits per heavy atom. The second-order valence-corrected chi connectivity index (χ2v) is 11.7. The highest BCUT2D eigenvalue weighted by Crippen LogP contribution is 2.32. The average Bonchev–Trinajstić information content (AvgIpc) is 3.71. The zero-order valence-corrected chi connectivity index (χ0v) is 23.5. The van der Waals surface area contributed by atoms with E-state index in [1.807, 2.05) is 23.1 Å². The van der Waals surface area contributed by atoms with Crippen LogP contribution >= 0.6 is 0 Å². The molecule has 1 N–H and O–H groups in total. The lowest BCUT2D eigenvalue weighted by atomic mass is 9.97. The van der Waals surface area contributed by atoms with Crippen LogP contribution < -0.4 is 0 Å². The number of hydrogen-bond acceptors (Lipinski definition) is 8. The third kappa shape index (κ3) is 5.63. The fourth-order valence-electron chi connectivity index (χ4n) is 6.30. The zero-order chi connectivity index (χ0) is 30.6. The molecule has 0 bridgehead atoms. The summed E-state index contributed by atoms with van der Waals surface area (Å²) in [7, 11) is 0. The summed E-state index contributed by atoms with van der Waals surface area (Å²) in [5, 5.41) is 5.48. The fraction of sp³-hybridized carbons (Fsp3) is 0.500. The number of hydrogen-bond donors (Lipinski definition) is 1. The number of carbonyl (C=O) groups is 1. The van der Waals surface area contributed by atoms with Crippen molar-refractivity contribution >= 4 is 16.9 Å². The van der Waals surface area contributed by atoms with E-state index in [-0.39, 0.29) is 43.0 Å². The smallest absolute Gasteiger partial charge is 0.346 e. The van der Waals surface area contributed by atoms with Gasteiger partial charge in [0.15, 0.2) is 0 Å². The van der Waals surface area contributed by atoms with E-state index in [4.69, 9.17) is 0 Å². The average molecular weight is 617 g/mol. The number of rotatable bonds is 6. The summed E-state index contributed by atoms with van der Waals surface area (Å²) in [5.74, 6) is -4.95. The van der Waals surface area contributed by atoms with Gasteiger partial charge < -0.3 is 9.88 Å². The molecule has 4 aromatic rings. The number of amides is 1. The Balaban J connectivity index is 0.960. The minimum atomic E-state index is -4.88. The van der Waals surface area contributed by atoms with E-state index < -0.39 is 30.4 Å². The van der Waals surface area contributed by atoms with Crippen molar-refractivity contribution < 1.29 is 26.7 Å². The van der Waals surface area contributed by atoms with Gasteiger partial charge in [0.05, 0.1) is 30.2 Å². The molecule has 0 unspecified atom stereocenters. The standard InChI is InChI=1S/C28H29F5N10O/c29-27(30)4-8-40(15-27)12-18-9-22(39-26(38-18)28(31,32)33)25(44)41-6-2-19(3-7-41)42-13-20(14-42)43-11-17(10-37-43)23-21-1-5-34-24(21)36-16-35-23/h1,5,9-11,16,19-20H,2-4,6-8,12-15H2,(H,34,35,36). The highest BCUT2D eigenvalue weighted by molar-refractivity contribution is 5.92. The zero-order valence-electron chi connectivity index (χ0n) is 23.5. The molecule has 0 aromatic carbocycles. The van der Waals surface area contributed by atoms with Crippen LogP contribution in [0.1, 0.15) is 47.3 Å². The van der Waals surface area contributed by atoms with Gasteiger partial charge in [-0.05, 0) is 25.0 Å². The minimum absolute atomic E-state index is 0.0348. The molecule has 7 heterocycles. The molecule has 0 aliphatic carbocycles. The number of likely N-dealkylation sites (tertiary alicyclic amines) is 3. The molecule has 4 aromatic heterocycles. The fourth-order valence-corrected chi connectivity index (χ4v) is 6.30. The molecule has 3 saturated heterocycles. The van der Waals surface area contributed by atoms with Gasteiger partial charge in [0.1, 0.15) is 17.7 Å². The summed E-state index contributed by atoms with van der Waals surface area (Å²) in [6, 6.07) is 3.56. The molecule has 16 heteroatoms. The predicted octanol–water partition coefficient (Wildman–Crippen LogP) is 3.63. The lowest BCUT2D eigenvalue weighted by molar-refractivity contribution is -0.145. The minimum Gasteiger partial charge on any atom is -0.346 e. The maximum absolute atomic E-state index is 13.6. The highest BCUT2D eigenvalue weighted by Gasteiger charge is 2.41. The summed E-state index contributed by atoms with van der Waals surface area (Å²) in [4.78, 5) is 37.2. The summed E-state index contributed by atoms with van der Waals surface area (Å²) in [6.45, 7) is 1.59. The van der Waals surface area contributed by atoms with Crippen molar-refractivity contribution in [3.63, 3.8) is 0 Å². The topological polar surface area (TPSA) is 112 Å². The summed E-state index contributed by atoms with van der Waals surface area (Å²) in [6.07, 6.45) is 3.21. The molecule has 1 amide bonds. The van der Waals surface area contributed by atoms with Crippen LogP contribution in [0.15, 0.2) is 37.1 Å². The van der Waals surface area contributed by atoms with Gasteiger partial charge in [0.25, 0.3) is 11.8 Å². The lowest BCUT2D eigenvalue weighted by Crippen LogP contribution is -2.56. The van der Waals surface area contributed by atoms with Crippen LogP contribution in [0.3, 0.4) is 0 Å². The third-order valence-corrected chi connectivity index (χ3v) is 8.65. The van der Waals surface area contributed by atoms with E-state index in [1.165, 1.54) is 22.2 Å². The molecular weight excluding hydrogens is 587 g/mol. The van der Waals surface area contributed by atoms with Crippen LogP contribution in [0.25, 0.3) is 22.3 Å². The number of carbonyl (C=O) groups excluding carboxylic acids is 1. The molecule has 7 rings (SSSR count). The molecular formula is C28H29F5N10O. The molecule has 0 atom stereocenters. The second-order valence-electron chi connectivity index (χ2n) is 11.7. The van der Waals surface area contributed by atoms with Crippen molar-refractivity contribution in [2.45, 2.75) is 50.0 Å². The first-order valence-electron chi connectivity index (χ1n) is 14.4. The van der Waals surface area contributed by atoms with Gasteiger partial charge in [-0.15, -0.1) is 0 Å². The van der Waals surface area contributed by atoms with Crippen LogP contribution in [0.5, 0.6) is 0 Å². The van der Waals surface area contributed by atoms with Gasteiger partial charge in [-0.1, -0.05) is 0 Å². The normalized spacial score (nSPS) is 20.4. The summed E-state index contributed by atoms with van der Waals surface area (Å²) < 4.78 is 69.9. The molecule has 0 spiro atoms. The largest absolute Gasteiger partial charge is 0.451 e. The van der Waals surface area contributed by atoms with Crippen molar-refractivity contribution in [3.8, 4) is 11.3 Å². The van der Waals surface area contributed by atoms with Gasteiger partial charge in [0, 0.05) is 75.1 Å². The van der Waals surface area contributed by atoms with Crippen molar-refractivity contribution in [2.75, 3.05) is 39.3 Å². The molecule has 11 nitrogen and oxygen atoms in total.